The van der Waals surface area contributed by atoms with Gasteiger partial charge in [-0.3, -0.25) is 4.79 Å². The number of rotatable bonds is 6. The van der Waals surface area contributed by atoms with Crippen molar-refractivity contribution >= 4 is 5.91 Å². The number of hydrogen-bond acceptors (Lipinski definition) is 3. The second kappa shape index (κ2) is 6.27. The quantitative estimate of drug-likeness (QED) is 0.840. The largest absolute Gasteiger partial charge is 0.494 e. The van der Waals surface area contributed by atoms with Crippen LogP contribution in [0.5, 0.6) is 5.75 Å². The van der Waals surface area contributed by atoms with E-state index in [0.29, 0.717) is 6.61 Å². The van der Waals surface area contributed by atoms with Crippen molar-refractivity contribution in [3.63, 3.8) is 0 Å². The summed E-state index contributed by atoms with van der Waals surface area (Å²) in [5.41, 5.74) is -0.755. The van der Waals surface area contributed by atoms with Crippen LogP contribution in [0.3, 0.4) is 0 Å². The Hall–Kier alpha value is -1.55. The van der Waals surface area contributed by atoms with Crippen LogP contribution >= 0.6 is 0 Å². The summed E-state index contributed by atoms with van der Waals surface area (Å²) >= 11 is 0. The summed E-state index contributed by atoms with van der Waals surface area (Å²) in [4.78, 5) is 12.0. The van der Waals surface area contributed by atoms with Gasteiger partial charge < -0.3 is 15.2 Å². The molecule has 0 aromatic heterocycles. The number of aliphatic hydroxyl groups is 1. The fourth-order valence-electron chi connectivity index (χ4n) is 1.60. The van der Waals surface area contributed by atoms with Crippen molar-refractivity contribution in [3.05, 3.63) is 29.8 Å². The second-order valence-electron chi connectivity index (χ2n) is 5.99. The first-order chi connectivity index (χ1) is 9.15. The Balaban J connectivity index is 2.63. The van der Waals surface area contributed by atoms with E-state index in [-0.39, 0.29) is 12.3 Å². The fourth-order valence-corrected chi connectivity index (χ4v) is 1.60. The van der Waals surface area contributed by atoms with Crippen molar-refractivity contribution in [3.8, 4) is 5.75 Å². The highest BCUT2D eigenvalue weighted by molar-refractivity contribution is 5.79. The predicted octanol–water partition coefficient (Wildman–Crippen LogP) is 2.29. The number of carbonyl (C=O) groups excluding carboxylic acids is 1. The van der Waals surface area contributed by atoms with Gasteiger partial charge in [0.15, 0.2) is 0 Å². The maximum Gasteiger partial charge on any atom is 0.224 e. The fraction of sp³-hybridized carbons (Fsp3) is 0.562. The molecule has 0 heterocycles. The third-order valence-electron chi connectivity index (χ3n) is 3.58. The minimum Gasteiger partial charge on any atom is -0.494 e. The SMILES string of the molecule is CCOc1ccc(CC(=O)NC(C)(C)C(C)(C)O)cc1. The number of ether oxygens (including phenoxy) is 1. The van der Waals surface area contributed by atoms with Crippen molar-refractivity contribution < 1.29 is 14.6 Å². The lowest BCUT2D eigenvalue weighted by Gasteiger charge is -2.38. The second-order valence-corrected chi connectivity index (χ2v) is 5.99. The highest BCUT2D eigenvalue weighted by Gasteiger charge is 2.36. The van der Waals surface area contributed by atoms with Crippen LogP contribution in [0.15, 0.2) is 24.3 Å². The molecular formula is C16H25NO3. The molecule has 0 aliphatic rings. The molecule has 20 heavy (non-hydrogen) atoms. The standard InChI is InChI=1S/C16H25NO3/c1-6-20-13-9-7-12(8-10-13)11-14(18)17-15(2,3)16(4,5)19/h7-10,19H,6,11H2,1-5H3,(H,17,18). The highest BCUT2D eigenvalue weighted by Crippen LogP contribution is 2.20. The van der Waals surface area contributed by atoms with Gasteiger partial charge in [-0.1, -0.05) is 12.1 Å². The third kappa shape index (κ3) is 4.53. The van der Waals surface area contributed by atoms with E-state index in [1.54, 1.807) is 13.8 Å². The van der Waals surface area contributed by atoms with E-state index in [9.17, 15) is 9.90 Å². The highest BCUT2D eigenvalue weighted by atomic mass is 16.5. The van der Waals surface area contributed by atoms with Crippen LogP contribution in [-0.4, -0.2) is 28.8 Å². The summed E-state index contributed by atoms with van der Waals surface area (Å²) in [5, 5.41) is 12.9. The van der Waals surface area contributed by atoms with E-state index >= 15 is 0 Å². The maximum absolute atomic E-state index is 12.0. The van der Waals surface area contributed by atoms with Gasteiger partial charge in [-0.05, 0) is 52.3 Å². The normalized spacial score (nSPS) is 12.1. The van der Waals surface area contributed by atoms with Gasteiger partial charge in [-0.25, -0.2) is 0 Å². The predicted molar refractivity (Wildman–Crippen MR) is 79.8 cm³/mol. The number of hydrogen-bond donors (Lipinski definition) is 2. The summed E-state index contributed by atoms with van der Waals surface area (Å²) in [6, 6.07) is 7.46. The number of benzene rings is 1. The molecule has 2 N–H and O–H groups in total. The van der Waals surface area contributed by atoms with Gasteiger partial charge in [-0.15, -0.1) is 0 Å². The van der Waals surface area contributed by atoms with E-state index in [1.807, 2.05) is 45.0 Å². The van der Waals surface area contributed by atoms with Crippen LogP contribution < -0.4 is 10.1 Å². The Bertz CT molecular complexity index is 444. The molecule has 0 unspecified atom stereocenters. The van der Waals surface area contributed by atoms with Crippen LogP contribution in [0.1, 0.15) is 40.2 Å². The van der Waals surface area contributed by atoms with Crippen LogP contribution in [0.4, 0.5) is 0 Å². The molecule has 1 rings (SSSR count). The first-order valence-electron chi connectivity index (χ1n) is 6.91. The summed E-state index contributed by atoms with van der Waals surface area (Å²) in [6.45, 7) is 9.54. The molecule has 0 bridgehead atoms. The number of amides is 1. The number of nitrogens with one attached hydrogen (secondary N) is 1. The molecule has 0 saturated carbocycles. The molecule has 0 saturated heterocycles. The Labute approximate surface area is 121 Å². The van der Waals surface area contributed by atoms with Gasteiger partial charge >= 0.3 is 0 Å². The first-order valence-corrected chi connectivity index (χ1v) is 6.91. The topological polar surface area (TPSA) is 58.6 Å². The number of carbonyl (C=O) groups is 1. The molecule has 0 fully saturated rings. The molecule has 0 aliphatic carbocycles. The summed E-state index contributed by atoms with van der Waals surface area (Å²) < 4.78 is 5.36. The van der Waals surface area contributed by atoms with Gasteiger partial charge in [0.2, 0.25) is 5.91 Å². The van der Waals surface area contributed by atoms with Crippen LogP contribution in [0.25, 0.3) is 0 Å². The third-order valence-corrected chi connectivity index (χ3v) is 3.58. The minimum absolute atomic E-state index is 0.110. The summed E-state index contributed by atoms with van der Waals surface area (Å²) in [6.07, 6.45) is 0.284. The van der Waals surface area contributed by atoms with Gasteiger partial charge in [-0.2, -0.15) is 0 Å². The summed E-state index contributed by atoms with van der Waals surface area (Å²) in [7, 11) is 0. The Morgan fingerprint density at radius 1 is 1.20 bits per heavy atom. The summed E-state index contributed by atoms with van der Waals surface area (Å²) in [5.74, 6) is 0.690. The molecular weight excluding hydrogens is 254 g/mol. The Morgan fingerprint density at radius 2 is 1.75 bits per heavy atom. The van der Waals surface area contributed by atoms with Crippen LogP contribution in [0.2, 0.25) is 0 Å². The van der Waals surface area contributed by atoms with Crippen molar-refractivity contribution in [2.75, 3.05) is 6.61 Å². The maximum atomic E-state index is 12.0. The van der Waals surface area contributed by atoms with E-state index < -0.39 is 11.1 Å². The molecule has 112 valence electrons. The molecule has 1 aromatic carbocycles. The van der Waals surface area contributed by atoms with Crippen LogP contribution in [-0.2, 0) is 11.2 Å². The molecule has 4 heteroatoms. The van der Waals surface area contributed by atoms with Crippen LogP contribution in [0, 0.1) is 0 Å². The van der Waals surface area contributed by atoms with Gasteiger partial charge in [0, 0.05) is 0 Å². The zero-order chi connectivity index (χ0) is 15.4. The molecule has 0 atom stereocenters. The molecule has 0 radical (unpaired) electrons. The smallest absolute Gasteiger partial charge is 0.224 e. The van der Waals surface area contributed by atoms with Gasteiger partial charge in [0.25, 0.3) is 0 Å². The van der Waals surface area contributed by atoms with Crippen molar-refractivity contribution in [1.29, 1.82) is 0 Å². The van der Waals surface area contributed by atoms with Crippen molar-refractivity contribution in [2.24, 2.45) is 0 Å². The lowest BCUT2D eigenvalue weighted by molar-refractivity contribution is -0.125. The molecule has 1 aromatic rings. The first kappa shape index (κ1) is 16.5. The van der Waals surface area contributed by atoms with E-state index in [0.717, 1.165) is 11.3 Å². The lowest BCUT2D eigenvalue weighted by Crippen LogP contribution is -2.58. The van der Waals surface area contributed by atoms with E-state index in [4.69, 9.17) is 4.74 Å². The molecule has 1 amide bonds. The molecule has 0 aliphatic heterocycles. The molecule has 4 nitrogen and oxygen atoms in total. The minimum atomic E-state index is -0.985. The Kier molecular flexibility index (Phi) is 5.17. The van der Waals surface area contributed by atoms with Crippen molar-refractivity contribution in [2.45, 2.75) is 52.2 Å². The van der Waals surface area contributed by atoms with Gasteiger partial charge in [0.05, 0.1) is 24.2 Å². The van der Waals surface area contributed by atoms with Crippen molar-refractivity contribution in [1.82, 2.24) is 5.32 Å². The Morgan fingerprint density at radius 3 is 2.20 bits per heavy atom. The zero-order valence-corrected chi connectivity index (χ0v) is 13.0. The average molecular weight is 279 g/mol. The van der Waals surface area contributed by atoms with E-state index in [1.165, 1.54) is 0 Å². The molecule has 0 spiro atoms. The van der Waals surface area contributed by atoms with Gasteiger partial charge in [0.1, 0.15) is 5.75 Å². The average Bonchev–Trinajstić information content (AvgIpc) is 2.29. The lowest BCUT2D eigenvalue weighted by atomic mass is 9.86. The van der Waals surface area contributed by atoms with E-state index in [2.05, 4.69) is 5.32 Å². The monoisotopic (exact) mass is 279 g/mol. The zero-order valence-electron chi connectivity index (χ0n) is 13.0.